The minimum Gasteiger partial charge on any atom is -0.304 e. The molecule has 1 aromatic carbocycles. The van der Waals surface area contributed by atoms with E-state index in [0.717, 1.165) is 42.1 Å². The third-order valence-electron chi connectivity index (χ3n) is 3.31. The average molecular weight is 292 g/mol. The van der Waals surface area contributed by atoms with Crippen molar-refractivity contribution < 1.29 is 4.39 Å². The van der Waals surface area contributed by atoms with E-state index in [2.05, 4.69) is 22.6 Å². The molecular formula is C16H21FN2S. The number of nitrogens with one attached hydrogen (secondary N) is 1. The maximum absolute atomic E-state index is 13.0. The number of halogens is 1. The second-order valence-electron chi connectivity index (χ2n) is 4.99. The van der Waals surface area contributed by atoms with Crippen molar-refractivity contribution in [1.82, 2.24) is 10.3 Å². The van der Waals surface area contributed by atoms with Gasteiger partial charge in [0.05, 0.1) is 10.7 Å². The fourth-order valence-corrected chi connectivity index (χ4v) is 2.82. The summed E-state index contributed by atoms with van der Waals surface area (Å²) in [5.74, 6) is -0.182. The first-order chi connectivity index (χ1) is 9.69. The fraction of sp³-hybridized carbons (Fsp3) is 0.438. The van der Waals surface area contributed by atoms with Crippen LogP contribution in [0.15, 0.2) is 29.6 Å². The van der Waals surface area contributed by atoms with Crippen LogP contribution in [0.4, 0.5) is 4.39 Å². The van der Waals surface area contributed by atoms with E-state index in [9.17, 15) is 4.39 Å². The number of aromatic nitrogens is 1. The summed E-state index contributed by atoms with van der Waals surface area (Å²) in [6, 6.07) is 7.06. The minimum absolute atomic E-state index is 0.182. The number of aryl methyl sites for hydroxylation is 1. The van der Waals surface area contributed by atoms with Crippen molar-refractivity contribution >= 4 is 11.3 Å². The lowest BCUT2D eigenvalue weighted by atomic mass is 10.0. The van der Waals surface area contributed by atoms with Crippen molar-refractivity contribution in [2.24, 2.45) is 0 Å². The Hall–Kier alpha value is -1.26. The molecule has 108 valence electrons. The molecule has 0 aliphatic carbocycles. The van der Waals surface area contributed by atoms with Gasteiger partial charge in [0.25, 0.3) is 0 Å². The summed E-state index contributed by atoms with van der Waals surface area (Å²) in [4.78, 5) is 4.47. The largest absolute Gasteiger partial charge is 0.304 e. The van der Waals surface area contributed by atoms with E-state index in [-0.39, 0.29) is 11.9 Å². The Morgan fingerprint density at radius 2 is 2.05 bits per heavy atom. The number of rotatable bonds is 7. The molecule has 4 heteroatoms. The fourth-order valence-electron chi connectivity index (χ4n) is 2.21. The molecule has 2 rings (SSSR count). The second kappa shape index (κ2) is 7.50. The van der Waals surface area contributed by atoms with Crippen LogP contribution in [0, 0.1) is 12.7 Å². The first-order valence-corrected chi connectivity index (χ1v) is 7.97. The third-order valence-corrected chi connectivity index (χ3v) is 4.14. The maximum atomic E-state index is 13.0. The Bertz CT molecular complexity index is 522. The zero-order chi connectivity index (χ0) is 14.4. The number of hydrogen-bond acceptors (Lipinski definition) is 3. The molecule has 0 aliphatic heterocycles. The van der Waals surface area contributed by atoms with Gasteiger partial charge < -0.3 is 5.32 Å². The number of hydrogen-bond donors (Lipinski definition) is 1. The Morgan fingerprint density at radius 1 is 1.30 bits per heavy atom. The standard InChI is InChI=1S/C16H21FN2S/c1-3-4-5-16(13-6-8-14(17)9-7-13)18-10-15-11-20-12(2)19-15/h6-9,11,16,18H,3-5,10H2,1-2H3. The van der Waals surface area contributed by atoms with Gasteiger partial charge >= 0.3 is 0 Å². The van der Waals surface area contributed by atoms with Crippen LogP contribution in [0.25, 0.3) is 0 Å². The van der Waals surface area contributed by atoms with Gasteiger partial charge in [-0.15, -0.1) is 11.3 Å². The molecule has 20 heavy (non-hydrogen) atoms. The Labute approximate surface area is 124 Å². The van der Waals surface area contributed by atoms with Crippen LogP contribution in [0.3, 0.4) is 0 Å². The summed E-state index contributed by atoms with van der Waals surface area (Å²) < 4.78 is 13.0. The van der Waals surface area contributed by atoms with Crippen LogP contribution in [-0.4, -0.2) is 4.98 Å². The molecule has 1 heterocycles. The van der Waals surface area contributed by atoms with Crippen LogP contribution in [0.5, 0.6) is 0 Å². The molecule has 2 aromatic rings. The highest BCUT2D eigenvalue weighted by Crippen LogP contribution is 2.20. The van der Waals surface area contributed by atoms with E-state index in [0.29, 0.717) is 0 Å². The van der Waals surface area contributed by atoms with Crippen LogP contribution >= 0.6 is 11.3 Å². The Kier molecular flexibility index (Phi) is 5.68. The minimum atomic E-state index is -0.182. The van der Waals surface area contributed by atoms with Crippen molar-refractivity contribution in [2.45, 2.75) is 45.7 Å². The van der Waals surface area contributed by atoms with Gasteiger partial charge in [-0.1, -0.05) is 31.9 Å². The molecule has 0 bridgehead atoms. The van der Waals surface area contributed by atoms with E-state index in [1.165, 1.54) is 12.1 Å². The van der Waals surface area contributed by atoms with Crippen molar-refractivity contribution in [1.29, 1.82) is 0 Å². The lowest BCUT2D eigenvalue weighted by molar-refractivity contribution is 0.477. The molecule has 0 saturated heterocycles. The first kappa shape index (κ1) is 15.1. The summed E-state index contributed by atoms with van der Waals surface area (Å²) in [6.07, 6.45) is 3.38. The van der Waals surface area contributed by atoms with E-state index >= 15 is 0 Å². The Balaban J connectivity index is 2.01. The molecule has 1 unspecified atom stereocenters. The van der Waals surface area contributed by atoms with E-state index in [1.54, 1.807) is 11.3 Å². The molecule has 0 radical (unpaired) electrons. The van der Waals surface area contributed by atoms with Gasteiger partial charge in [0.2, 0.25) is 0 Å². The molecule has 0 saturated carbocycles. The molecule has 0 amide bonds. The monoisotopic (exact) mass is 292 g/mol. The molecule has 0 fully saturated rings. The smallest absolute Gasteiger partial charge is 0.123 e. The number of thiazole rings is 1. The quantitative estimate of drug-likeness (QED) is 0.806. The predicted molar refractivity (Wildman–Crippen MR) is 82.4 cm³/mol. The summed E-state index contributed by atoms with van der Waals surface area (Å²) in [5, 5.41) is 6.72. The molecular weight excluding hydrogens is 271 g/mol. The lowest BCUT2D eigenvalue weighted by Crippen LogP contribution is -2.21. The highest BCUT2D eigenvalue weighted by molar-refractivity contribution is 7.09. The zero-order valence-corrected chi connectivity index (χ0v) is 12.8. The average Bonchev–Trinajstić information content (AvgIpc) is 2.86. The van der Waals surface area contributed by atoms with Crippen LogP contribution in [0.2, 0.25) is 0 Å². The van der Waals surface area contributed by atoms with Crippen LogP contribution < -0.4 is 5.32 Å². The van der Waals surface area contributed by atoms with Gasteiger partial charge in [-0.25, -0.2) is 9.37 Å². The normalized spacial score (nSPS) is 12.6. The summed E-state index contributed by atoms with van der Waals surface area (Å²) in [5.41, 5.74) is 2.22. The van der Waals surface area contributed by atoms with Crippen molar-refractivity contribution in [3.63, 3.8) is 0 Å². The molecule has 1 atom stereocenters. The van der Waals surface area contributed by atoms with Gasteiger partial charge in [-0.05, 0) is 31.0 Å². The number of nitrogens with zero attached hydrogens (tertiary/aromatic N) is 1. The Morgan fingerprint density at radius 3 is 2.65 bits per heavy atom. The lowest BCUT2D eigenvalue weighted by Gasteiger charge is -2.18. The predicted octanol–water partition coefficient (Wildman–Crippen LogP) is 4.61. The van der Waals surface area contributed by atoms with Gasteiger partial charge in [-0.2, -0.15) is 0 Å². The van der Waals surface area contributed by atoms with Crippen molar-refractivity contribution in [3.8, 4) is 0 Å². The van der Waals surface area contributed by atoms with Gasteiger partial charge in [0.15, 0.2) is 0 Å². The molecule has 1 N–H and O–H groups in total. The topological polar surface area (TPSA) is 24.9 Å². The number of benzene rings is 1. The van der Waals surface area contributed by atoms with E-state index in [1.807, 2.05) is 19.1 Å². The summed E-state index contributed by atoms with van der Waals surface area (Å²) in [7, 11) is 0. The highest BCUT2D eigenvalue weighted by Gasteiger charge is 2.11. The van der Waals surface area contributed by atoms with Crippen LogP contribution in [0.1, 0.15) is 48.5 Å². The first-order valence-electron chi connectivity index (χ1n) is 7.09. The van der Waals surface area contributed by atoms with Gasteiger partial charge in [0.1, 0.15) is 5.82 Å². The molecule has 1 aromatic heterocycles. The molecule has 2 nitrogen and oxygen atoms in total. The maximum Gasteiger partial charge on any atom is 0.123 e. The van der Waals surface area contributed by atoms with Gasteiger partial charge in [0, 0.05) is 18.0 Å². The van der Waals surface area contributed by atoms with Gasteiger partial charge in [-0.3, -0.25) is 0 Å². The van der Waals surface area contributed by atoms with E-state index < -0.39 is 0 Å². The SMILES string of the molecule is CCCCC(NCc1csc(C)n1)c1ccc(F)cc1. The second-order valence-corrected chi connectivity index (χ2v) is 6.05. The third kappa shape index (κ3) is 4.39. The molecule has 0 spiro atoms. The zero-order valence-electron chi connectivity index (χ0n) is 12.0. The van der Waals surface area contributed by atoms with E-state index in [4.69, 9.17) is 0 Å². The number of unbranched alkanes of at least 4 members (excludes halogenated alkanes) is 1. The highest BCUT2D eigenvalue weighted by atomic mass is 32.1. The summed E-state index contributed by atoms with van der Waals surface area (Å²) in [6.45, 7) is 4.96. The summed E-state index contributed by atoms with van der Waals surface area (Å²) >= 11 is 1.67. The van der Waals surface area contributed by atoms with Crippen molar-refractivity contribution in [3.05, 3.63) is 51.7 Å². The van der Waals surface area contributed by atoms with Crippen LogP contribution in [-0.2, 0) is 6.54 Å². The molecule has 0 aliphatic rings. The van der Waals surface area contributed by atoms with Crippen molar-refractivity contribution in [2.75, 3.05) is 0 Å².